The van der Waals surface area contributed by atoms with E-state index in [9.17, 15) is 0 Å². The fourth-order valence-electron chi connectivity index (χ4n) is 2.02. The van der Waals surface area contributed by atoms with Crippen molar-refractivity contribution in [2.45, 2.75) is 19.4 Å². The molecule has 0 radical (unpaired) electrons. The van der Waals surface area contributed by atoms with Crippen LogP contribution >= 0.6 is 0 Å². The van der Waals surface area contributed by atoms with Crippen molar-refractivity contribution in [1.29, 1.82) is 0 Å². The number of benzene rings is 1. The molecule has 1 N–H and O–H groups in total. The van der Waals surface area contributed by atoms with Gasteiger partial charge in [-0.3, -0.25) is 4.98 Å². The smallest absolute Gasteiger partial charge is 0.118 e. The molecule has 0 amide bonds. The first-order chi connectivity index (χ1) is 10.2. The van der Waals surface area contributed by atoms with E-state index in [0.717, 1.165) is 28.9 Å². The maximum absolute atomic E-state index is 5.18. The highest BCUT2D eigenvalue weighted by Crippen LogP contribution is 2.22. The molecule has 1 heterocycles. The summed E-state index contributed by atoms with van der Waals surface area (Å²) in [6.45, 7) is 2.16. The Morgan fingerprint density at radius 1 is 1.19 bits per heavy atom. The van der Waals surface area contributed by atoms with Crippen LogP contribution in [0.1, 0.15) is 18.9 Å². The van der Waals surface area contributed by atoms with Gasteiger partial charge >= 0.3 is 0 Å². The highest BCUT2D eigenvalue weighted by molar-refractivity contribution is 5.66. The Kier molecular flexibility index (Phi) is 5.52. The summed E-state index contributed by atoms with van der Waals surface area (Å²) in [6.07, 6.45) is 9.07. The van der Waals surface area contributed by atoms with Crippen molar-refractivity contribution in [2.24, 2.45) is 0 Å². The molecule has 2 rings (SSSR count). The molecule has 0 aliphatic heterocycles. The zero-order chi connectivity index (χ0) is 15.1. The van der Waals surface area contributed by atoms with Crippen LogP contribution < -0.4 is 10.1 Å². The molecule has 1 atom stereocenters. The maximum Gasteiger partial charge on any atom is 0.118 e. The molecule has 2 aromatic rings. The number of hydrogen-bond donors (Lipinski definition) is 1. The first-order valence-electron chi connectivity index (χ1n) is 7.16. The third kappa shape index (κ3) is 4.43. The zero-order valence-corrected chi connectivity index (χ0v) is 12.8. The van der Waals surface area contributed by atoms with E-state index < -0.39 is 0 Å². The summed E-state index contributed by atoms with van der Waals surface area (Å²) >= 11 is 0. The van der Waals surface area contributed by atoms with Gasteiger partial charge in [0.15, 0.2) is 0 Å². The number of pyridine rings is 1. The average molecular weight is 282 g/mol. The van der Waals surface area contributed by atoms with E-state index in [1.165, 1.54) is 0 Å². The van der Waals surface area contributed by atoms with Crippen LogP contribution in [0.5, 0.6) is 5.75 Å². The Morgan fingerprint density at radius 2 is 1.95 bits per heavy atom. The summed E-state index contributed by atoms with van der Waals surface area (Å²) < 4.78 is 5.18. The van der Waals surface area contributed by atoms with Gasteiger partial charge in [0.25, 0.3) is 0 Å². The van der Waals surface area contributed by atoms with Crippen LogP contribution in [0.15, 0.2) is 48.8 Å². The SMILES string of the molecule is CNC(C)C/C=C/c1cncc(-c2ccc(OC)cc2)c1. The average Bonchev–Trinajstić information content (AvgIpc) is 2.55. The van der Waals surface area contributed by atoms with Crippen molar-refractivity contribution in [3.63, 3.8) is 0 Å². The van der Waals surface area contributed by atoms with E-state index in [-0.39, 0.29) is 0 Å². The summed E-state index contributed by atoms with van der Waals surface area (Å²) in [5.74, 6) is 0.865. The van der Waals surface area contributed by atoms with Crippen molar-refractivity contribution in [2.75, 3.05) is 14.2 Å². The standard InChI is InChI=1S/C18H22N2O/c1-14(19-2)5-4-6-15-11-17(13-20-12-15)16-7-9-18(21-3)10-8-16/h4,6-14,19H,5H2,1-3H3/b6-4+. The molecule has 0 aliphatic carbocycles. The largest absolute Gasteiger partial charge is 0.497 e. The lowest BCUT2D eigenvalue weighted by Crippen LogP contribution is -2.19. The lowest BCUT2D eigenvalue weighted by molar-refractivity contribution is 0.415. The fraction of sp³-hybridized carbons (Fsp3) is 0.278. The minimum Gasteiger partial charge on any atom is -0.497 e. The summed E-state index contributed by atoms with van der Waals surface area (Å²) in [5, 5.41) is 3.22. The van der Waals surface area contributed by atoms with Crippen LogP contribution in [0, 0.1) is 0 Å². The van der Waals surface area contributed by atoms with Gasteiger partial charge in [0.1, 0.15) is 5.75 Å². The normalized spacial score (nSPS) is 12.5. The lowest BCUT2D eigenvalue weighted by atomic mass is 10.1. The molecule has 21 heavy (non-hydrogen) atoms. The van der Waals surface area contributed by atoms with Gasteiger partial charge in [-0.25, -0.2) is 0 Å². The van der Waals surface area contributed by atoms with Crippen LogP contribution in [0.4, 0.5) is 0 Å². The predicted octanol–water partition coefficient (Wildman–Crippen LogP) is 3.77. The molecule has 1 aromatic heterocycles. The molecular formula is C18H22N2O. The molecule has 3 heteroatoms. The van der Waals surface area contributed by atoms with Gasteiger partial charge in [-0.05, 0) is 49.7 Å². The quantitative estimate of drug-likeness (QED) is 0.875. The maximum atomic E-state index is 5.18. The second-order valence-corrected chi connectivity index (χ2v) is 5.06. The molecule has 0 saturated heterocycles. The van der Waals surface area contributed by atoms with Gasteiger partial charge in [-0.15, -0.1) is 0 Å². The second kappa shape index (κ2) is 7.60. The monoisotopic (exact) mass is 282 g/mol. The minimum atomic E-state index is 0.485. The van der Waals surface area contributed by atoms with Crippen LogP contribution in [0.25, 0.3) is 17.2 Å². The molecule has 0 spiro atoms. The topological polar surface area (TPSA) is 34.2 Å². The van der Waals surface area contributed by atoms with E-state index in [1.54, 1.807) is 7.11 Å². The number of hydrogen-bond acceptors (Lipinski definition) is 3. The van der Waals surface area contributed by atoms with E-state index in [4.69, 9.17) is 4.74 Å². The fourth-order valence-corrected chi connectivity index (χ4v) is 2.02. The van der Waals surface area contributed by atoms with Crippen molar-refractivity contribution in [3.05, 3.63) is 54.4 Å². The van der Waals surface area contributed by atoms with E-state index in [0.29, 0.717) is 6.04 Å². The number of ether oxygens (including phenoxy) is 1. The van der Waals surface area contributed by atoms with Crippen molar-refractivity contribution < 1.29 is 4.74 Å². The van der Waals surface area contributed by atoms with E-state index in [1.807, 2.05) is 43.7 Å². The van der Waals surface area contributed by atoms with Gasteiger partial charge < -0.3 is 10.1 Å². The second-order valence-electron chi connectivity index (χ2n) is 5.06. The van der Waals surface area contributed by atoms with Crippen molar-refractivity contribution in [1.82, 2.24) is 10.3 Å². The highest BCUT2D eigenvalue weighted by Gasteiger charge is 2.00. The molecule has 0 saturated carbocycles. The molecule has 1 aromatic carbocycles. The molecule has 0 bridgehead atoms. The number of aromatic nitrogens is 1. The molecule has 1 unspecified atom stereocenters. The third-order valence-electron chi connectivity index (χ3n) is 3.48. The van der Waals surface area contributed by atoms with Gasteiger partial charge in [-0.1, -0.05) is 24.3 Å². The summed E-state index contributed by atoms with van der Waals surface area (Å²) in [7, 11) is 3.65. The summed E-state index contributed by atoms with van der Waals surface area (Å²) in [4.78, 5) is 4.32. The minimum absolute atomic E-state index is 0.485. The van der Waals surface area contributed by atoms with Crippen LogP contribution in [-0.2, 0) is 0 Å². The van der Waals surface area contributed by atoms with Gasteiger partial charge in [0.2, 0.25) is 0 Å². The molecule has 0 fully saturated rings. The Hall–Kier alpha value is -2.13. The Bertz CT molecular complexity index is 590. The predicted molar refractivity (Wildman–Crippen MR) is 88.4 cm³/mol. The van der Waals surface area contributed by atoms with Crippen molar-refractivity contribution in [3.8, 4) is 16.9 Å². The first-order valence-corrected chi connectivity index (χ1v) is 7.16. The molecule has 3 nitrogen and oxygen atoms in total. The number of nitrogens with zero attached hydrogens (tertiary/aromatic N) is 1. The molecule has 0 aliphatic rings. The number of methoxy groups -OCH3 is 1. The molecule has 110 valence electrons. The van der Waals surface area contributed by atoms with Crippen LogP contribution in [-0.4, -0.2) is 25.2 Å². The first kappa shape index (κ1) is 15.3. The van der Waals surface area contributed by atoms with Crippen LogP contribution in [0.2, 0.25) is 0 Å². The van der Waals surface area contributed by atoms with Gasteiger partial charge in [0.05, 0.1) is 7.11 Å². The Balaban J connectivity index is 2.13. The Morgan fingerprint density at radius 3 is 2.62 bits per heavy atom. The number of rotatable bonds is 6. The number of nitrogens with one attached hydrogen (secondary N) is 1. The summed E-state index contributed by atoms with van der Waals surface area (Å²) in [5.41, 5.74) is 3.37. The molecular weight excluding hydrogens is 260 g/mol. The lowest BCUT2D eigenvalue weighted by Gasteiger charge is -2.06. The highest BCUT2D eigenvalue weighted by atomic mass is 16.5. The summed E-state index contributed by atoms with van der Waals surface area (Å²) in [6, 6.07) is 10.7. The van der Waals surface area contributed by atoms with Crippen LogP contribution in [0.3, 0.4) is 0 Å². The van der Waals surface area contributed by atoms with E-state index in [2.05, 4.69) is 35.4 Å². The third-order valence-corrected chi connectivity index (χ3v) is 3.48. The van der Waals surface area contributed by atoms with Gasteiger partial charge in [-0.2, -0.15) is 0 Å². The van der Waals surface area contributed by atoms with Crippen molar-refractivity contribution >= 4 is 6.08 Å². The van der Waals surface area contributed by atoms with E-state index >= 15 is 0 Å². The Labute approximate surface area is 126 Å². The van der Waals surface area contributed by atoms with Gasteiger partial charge in [0, 0.05) is 24.0 Å². The zero-order valence-electron chi connectivity index (χ0n) is 12.8.